The number of ether oxygens (including phenoxy) is 1. The van der Waals surface area contributed by atoms with Crippen molar-refractivity contribution in [1.82, 2.24) is 10.2 Å². The second-order valence-electron chi connectivity index (χ2n) is 5.06. The molecule has 1 saturated heterocycles. The van der Waals surface area contributed by atoms with Crippen LogP contribution in [-0.2, 0) is 20.7 Å². The lowest BCUT2D eigenvalue weighted by atomic mass is 10.2. The Morgan fingerprint density at radius 1 is 1.52 bits per heavy atom. The Morgan fingerprint density at radius 3 is 3.10 bits per heavy atom. The number of carbonyl (C=O) groups excluding carboxylic acids is 2. The van der Waals surface area contributed by atoms with Crippen LogP contribution >= 0.6 is 11.3 Å². The number of carbonyl (C=O) groups is 2. The molecule has 1 atom stereocenters. The topological polar surface area (TPSA) is 58.6 Å². The summed E-state index contributed by atoms with van der Waals surface area (Å²) in [6.45, 7) is 3.87. The van der Waals surface area contributed by atoms with Gasteiger partial charge in [0, 0.05) is 11.4 Å². The van der Waals surface area contributed by atoms with Crippen molar-refractivity contribution < 1.29 is 14.3 Å². The lowest BCUT2D eigenvalue weighted by Gasteiger charge is -2.22. The van der Waals surface area contributed by atoms with Crippen molar-refractivity contribution in [3.63, 3.8) is 0 Å². The van der Waals surface area contributed by atoms with Gasteiger partial charge < -0.3 is 10.1 Å². The van der Waals surface area contributed by atoms with Crippen LogP contribution in [0.4, 0.5) is 0 Å². The van der Waals surface area contributed by atoms with Gasteiger partial charge in [-0.05, 0) is 44.2 Å². The predicted molar refractivity (Wildman–Crippen MR) is 82.3 cm³/mol. The molecule has 1 aliphatic rings. The van der Waals surface area contributed by atoms with Crippen LogP contribution in [0.1, 0.15) is 24.6 Å². The summed E-state index contributed by atoms with van der Waals surface area (Å²) in [6, 6.07) is 3.82. The minimum atomic E-state index is -0.256. The van der Waals surface area contributed by atoms with Crippen LogP contribution in [0.2, 0.25) is 0 Å². The Morgan fingerprint density at radius 2 is 2.38 bits per heavy atom. The number of nitrogens with zero attached hydrogens (tertiary/aromatic N) is 1. The molecule has 0 aliphatic carbocycles. The Labute approximate surface area is 129 Å². The molecule has 1 aromatic rings. The van der Waals surface area contributed by atoms with E-state index in [1.807, 2.05) is 16.3 Å². The van der Waals surface area contributed by atoms with Crippen molar-refractivity contribution in [2.75, 3.05) is 26.2 Å². The van der Waals surface area contributed by atoms with Crippen molar-refractivity contribution >= 4 is 23.2 Å². The number of thiophene rings is 1. The minimum Gasteiger partial charge on any atom is -0.465 e. The highest BCUT2D eigenvalue weighted by atomic mass is 32.1. The molecule has 21 heavy (non-hydrogen) atoms. The largest absolute Gasteiger partial charge is 0.465 e. The fraction of sp³-hybridized carbons (Fsp3) is 0.600. The molecule has 2 rings (SSSR count). The van der Waals surface area contributed by atoms with E-state index in [9.17, 15) is 9.59 Å². The van der Waals surface area contributed by atoms with Gasteiger partial charge in [0.25, 0.3) is 0 Å². The third kappa shape index (κ3) is 4.82. The van der Waals surface area contributed by atoms with Gasteiger partial charge in [-0.25, -0.2) is 0 Å². The van der Waals surface area contributed by atoms with E-state index in [-0.39, 0.29) is 24.5 Å². The average molecular weight is 310 g/mol. The van der Waals surface area contributed by atoms with Crippen molar-refractivity contribution in [3.8, 4) is 0 Å². The van der Waals surface area contributed by atoms with E-state index in [1.54, 1.807) is 18.3 Å². The molecule has 0 radical (unpaired) electrons. The molecule has 116 valence electrons. The summed E-state index contributed by atoms with van der Waals surface area (Å²) in [6.07, 6.45) is 2.57. The zero-order valence-corrected chi connectivity index (χ0v) is 13.2. The number of rotatable bonds is 7. The Balaban J connectivity index is 1.72. The maximum atomic E-state index is 12.0. The summed E-state index contributed by atoms with van der Waals surface area (Å²) in [5.41, 5.74) is 0. The summed E-state index contributed by atoms with van der Waals surface area (Å²) in [5, 5.41) is 4.95. The summed E-state index contributed by atoms with van der Waals surface area (Å²) in [7, 11) is 0. The highest BCUT2D eigenvalue weighted by Crippen LogP contribution is 2.17. The first kappa shape index (κ1) is 16.0. The summed E-state index contributed by atoms with van der Waals surface area (Å²) >= 11 is 1.69. The number of nitrogens with one attached hydrogen (secondary N) is 1. The van der Waals surface area contributed by atoms with Crippen molar-refractivity contribution in [2.45, 2.75) is 32.2 Å². The SMILES string of the molecule is CCOC(=O)C1CCCN1CC(=O)NCCc1cccs1. The van der Waals surface area contributed by atoms with Crippen LogP contribution in [0.15, 0.2) is 17.5 Å². The zero-order chi connectivity index (χ0) is 15.1. The molecule has 5 nitrogen and oxygen atoms in total. The van der Waals surface area contributed by atoms with Crippen LogP contribution in [0.25, 0.3) is 0 Å². The summed E-state index contributed by atoms with van der Waals surface area (Å²) < 4.78 is 5.06. The first-order valence-electron chi connectivity index (χ1n) is 7.40. The molecule has 1 amide bonds. The molecule has 1 fully saturated rings. The van der Waals surface area contributed by atoms with Crippen LogP contribution in [0, 0.1) is 0 Å². The molecule has 0 saturated carbocycles. The number of amides is 1. The summed E-state index contributed by atoms with van der Waals surface area (Å²) in [4.78, 5) is 26.9. The lowest BCUT2D eigenvalue weighted by molar-refractivity contribution is -0.148. The van der Waals surface area contributed by atoms with E-state index in [1.165, 1.54) is 4.88 Å². The highest BCUT2D eigenvalue weighted by Gasteiger charge is 2.32. The summed E-state index contributed by atoms with van der Waals surface area (Å²) in [5.74, 6) is -0.232. The second kappa shape index (κ2) is 8.14. The first-order chi connectivity index (χ1) is 10.2. The molecule has 1 unspecified atom stereocenters. The maximum absolute atomic E-state index is 12.0. The maximum Gasteiger partial charge on any atom is 0.323 e. The molecular weight excluding hydrogens is 288 g/mol. The molecule has 2 heterocycles. The minimum absolute atomic E-state index is 0.0252. The molecule has 0 spiro atoms. The van der Waals surface area contributed by atoms with Crippen LogP contribution in [0.5, 0.6) is 0 Å². The van der Waals surface area contributed by atoms with E-state index in [0.717, 1.165) is 25.8 Å². The third-order valence-corrected chi connectivity index (χ3v) is 4.48. The second-order valence-corrected chi connectivity index (χ2v) is 6.09. The average Bonchev–Trinajstić information content (AvgIpc) is 3.10. The number of esters is 1. The fourth-order valence-corrected chi connectivity index (χ4v) is 3.25. The highest BCUT2D eigenvalue weighted by molar-refractivity contribution is 7.09. The van der Waals surface area contributed by atoms with Gasteiger partial charge in [0.2, 0.25) is 5.91 Å². The van der Waals surface area contributed by atoms with Crippen molar-refractivity contribution in [1.29, 1.82) is 0 Å². The van der Waals surface area contributed by atoms with Gasteiger partial charge in [0.15, 0.2) is 0 Å². The third-order valence-electron chi connectivity index (χ3n) is 3.54. The molecule has 6 heteroatoms. The molecule has 1 aliphatic heterocycles. The Kier molecular flexibility index (Phi) is 6.20. The Hall–Kier alpha value is -1.40. The van der Waals surface area contributed by atoms with Gasteiger partial charge >= 0.3 is 5.97 Å². The van der Waals surface area contributed by atoms with Crippen LogP contribution in [0.3, 0.4) is 0 Å². The van der Waals surface area contributed by atoms with Gasteiger partial charge in [-0.15, -0.1) is 11.3 Å². The molecule has 0 bridgehead atoms. The molecule has 1 N–H and O–H groups in total. The molecule has 1 aromatic heterocycles. The quantitative estimate of drug-likeness (QED) is 0.774. The predicted octanol–water partition coefficient (Wildman–Crippen LogP) is 1.43. The van der Waals surface area contributed by atoms with Gasteiger partial charge in [-0.3, -0.25) is 14.5 Å². The van der Waals surface area contributed by atoms with Gasteiger partial charge in [0.1, 0.15) is 6.04 Å². The normalized spacial score (nSPS) is 18.6. The van der Waals surface area contributed by atoms with E-state index < -0.39 is 0 Å². The van der Waals surface area contributed by atoms with E-state index in [2.05, 4.69) is 11.4 Å². The van der Waals surface area contributed by atoms with Gasteiger partial charge in [0.05, 0.1) is 13.2 Å². The number of hydrogen-bond donors (Lipinski definition) is 1. The van der Waals surface area contributed by atoms with Crippen molar-refractivity contribution in [2.24, 2.45) is 0 Å². The smallest absolute Gasteiger partial charge is 0.323 e. The monoisotopic (exact) mass is 310 g/mol. The van der Waals surface area contributed by atoms with E-state index in [4.69, 9.17) is 4.74 Å². The lowest BCUT2D eigenvalue weighted by Crippen LogP contribution is -2.44. The first-order valence-corrected chi connectivity index (χ1v) is 8.28. The van der Waals surface area contributed by atoms with Crippen LogP contribution < -0.4 is 5.32 Å². The van der Waals surface area contributed by atoms with Gasteiger partial charge in [-0.1, -0.05) is 6.07 Å². The molecule has 0 aromatic carbocycles. The zero-order valence-electron chi connectivity index (χ0n) is 12.3. The van der Waals surface area contributed by atoms with Crippen LogP contribution in [-0.4, -0.2) is 49.1 Å². The fourth-order valence-electron chi connectivity index (χ4n) is 2.54. The molecular formula is C15H22N2O3S. The van der Waals surface area contributed by atoms with E-state index in [0.29, 0.717) is 13.2 Å². The standard InChI is InChI=1S/C15H22N2O3S/c1-2-20-15(19)13-6-3-9-17(13)11-14(18)16-8-7-12-5-4-10-21-12/h4-5,10,13H,2-3,6-9,11H2,1H3,(H,16,18). The van der Waals surface area contributed by atoms with Gasteiger partial charge in [-0.2, -0.15) is 0 Å². The Bertz CT molecular complexity index is 461. The van der Waals surface area contributed by atoms with Crippen molar-refractivity contribution in [3.05, 3.63) is 22.4 Å². The number of hydrogen-bond acceptors (Lipinski definition) is 5. The number of likely N-dealkylation sites (tertiary alicyclic amines) is 1. The van der Waals surface area contributed by atoms with E-state index >= 15 is 0 Å².